The second-order valence-electron chi connectivity index (χ2n) is 4.87. The molecule has 2 rings (SSSR count). The van der Waals surface area contributed by atoms with Gasteiger partial charge in [-0.15, -0.1) is 0 Å². The lowest BCUT2D eigenvalue weighted by atomic mass is 9.94. The number of likely N-dealkylation sites (N-methyl/N-ethyl adjacent to an activating group) is 1. The van der Waals surface area contributed by atoms with E-state index in [4.69, 9.17) is 4.74 Å². The molecule has 0 aromatic carbocycles. The highest BCUT2D eigenvalue weighted by atomic mass is 16.5. The van der Waals surface area contributed by atoms with Crippen LogP contribution in [0.5, 0.6) is 0 Å². The van der Waals surface area contributed by atoms with Crippen molar-refractivity contribution < 1.29 is 4.74 Å². The lowest BCUT2D eigenvalue weighted by Gasteiger charge is -2.42. The molecule has 82 valence electrons. The summed E-state index contributed by atoms with van der Waals surface area (Å²) in [5, 5.41) is 3.39. The number of ether oxygens (including phenoxy) is 1. The fourth-order valence-electron chi connectivity index (χ4n) is 2.61. The molecular formula is C11H22N2O. The number of likely N-dealkylation sites (tertiary alicyclic amines) is 1. The maximum absolute atomic E-state index is 5.52. The molecule has 2 atom stereocenters. The Morgan fingerprint density at radius 3 is 3.00 bits per heavy atom. The molecular weight excluding hydrogens is 176 g/mol. The number of nitrogens with zero attached hydrogens (tertiary/aromatic N) is 1. The Hall–Kier alpha value is -0.120. The molecule has 0 aromatic rings. The quantitative estimate of drug-likeness (QED) is 0.712. The van der Waals surface area contributed by atoms with Crippen LogP contribution in [-0.4, -0.2) is 49.8 Å². The number of piperidine rings is 1. The summed E-state index contributed by atoms with van der Waals surface area (Å²) in [6.07, 6.45) is 3.84. The van der Waals surface area contributed by atoms with Crippen molar-refractivity contribution in [3.8, 4) is 0 Å². The third-order valence-electron chi connectivity index (χ3n) is 3.79. The van der Waals surface area contributed by atoms with Crippen LogP contribution in [0.15, 0.2) is 0 Å². The molecule has 1 N–H and O–H groups in total. The van der Waals surface area contributed by atoms with Crippen molar-refractivity contribution in [2.75, 3.05) is 33.4 Å². The van der Waals surface area contributed by atoms with Crippen LogP contribution in [0, 0.1) is 0 Å². The van der Waals surface area contributed by atoms with Crippen LogP contribution in [0.1, 0.15) is 26.2 Å². The van der Waals surface area contributed by atoms with Crippen LogP contribution < -0.4 is 5.32 Å². The SMILES string of the molecule is CNC1CCCN(C2(C)CCOC2)C1. The second-order valence-corrected chi connectivity index (χ2v) is 4.87. The lowest BCUT2D eigenvalue weighted by molar-refractivity contribution is 0.0522. The molecule has 3 heteroatoms. The third-order valence-corrected chi connectivity index (χ3v) is 3.79. The second kappa shape index (κ2) is 4.17. The van der Waals surface area contributed by atoms with Gasteiger partial charge in [-0.05, 0) is 39.8 Å². The summed E-state index contributed by atoms with van der Waals surface area (Å²) in [4.78, 5) is 2.62. The van der Waals surface area contributed by atoms with E-state index >= 15 is 0 Å². The highest BCUT2D eigenvalue weighted by Gasteiger charge is 2.37. The monoisotopic (exact) mass is 198 g/mol. The minimum Gasteiger partial charge on any atom is -0.379 e. The van der Waals surface area contributed by atoms with Gasteiger partial charge in [-0.25, -0.2) is 0 Å². The maximum Gasteiger partial charge on any atom is 0.0648 e. The van der Waals surface area contributed by atoms with Gasteiger partial charge >= 0.3 is 0 Å². The number of hydrogen-bond donors (Lipinski definition) is 1. The van der Waals surface area contributed by atoms with Crippen LogP contribution in [0.25, 0.3) is 0 Å². The summed E-state index contributed by atoms with van der Waals surface area (Å²) in [6.45, 7) is 6.65. The normalized spacial score (nSPS) is 40.3. The van der Waals surface area contributed by atoms with Crippen LogP contribution in [0.4, 0.5) is 0 Å². The number of nitrogens with one attached hydrogen (secondary N) is 1. The molecule has 2 fully saturated rings. The summed E-state index contributed by atoms with van der Waals surface area (Å²) in [5.74, 6) is 0. The molecule has 0 amide bonds. The molecule has 2 aliphatic rings. The molecule has 0 aromatic heterocycles. The van der Waals surface area contributed by atoms with Crippen LogP contribution in [0.2, 0.25) is 0 Å². The molecule has 0 aliphatic carbocycles. The van der Waals surface area contributed by atoms with E-state index in [-0.39, 0.29) is 0 Å². The van der Waals surface area contributed by atoms with Crippen LogP contribution >= 0.6 is 0 Å². The minimum atomic E-state index is 0.315. The number of hydrogen-bond acceptors (Lipinski definition) is 3. The summed E-state index contributed by atoms with van der Waals surface area (Å²) < 4.78 is 5.52. The molecule has 0 spiro atoms. The van der Waals surface area contributed by atoms with Crippen molar-refractivity contribution in [1.82, 2.24) is 10.2 Å². The smallest absolute Gasteiger partial charge is 0.0648 e. The number of rotatable bonds is 2. The summed E-state index contributed by atoms with van der Waals surface area (Å²) in [7, 11) is 2.07. The zero-order chi connectivity index (χ0) is 10.0. The van der Waals surface area contributed by atoms with Gasteiger partial charge in [0.15, 0.2) is 0 Å². The topological polar surface area (TPSA) is 24.5 Å². The van der Waals surface area contributed by atoms with E-state index in [0.717, 1.165) is 13.2 Å². The molecule has 3 nitrogen and oxygen atoms in total. The molecule has 2 saturated heterocycles. The maximum atomic E-state index is 5.52. The van der Waals surface area contributed by atoms with Crippen molar-refractivity contribution in [2.45, 2.75) is 37.8 Å². The standard InChI is InChI=1S/C11H22N2O/c1-11(5-7-14-9-11)13-6-3-4-10(8-13)12-2/h10,12H,3-9H2,1-2H3. The van der Waals surface area contributed by atoms with Crippen LogP contribution in [-0.2, 0) is 4.74 Å². The third kappa shape index (κ3) is 1.95. The Balaban J connectivity index is 1.96. The van der Waals surface area contributed by atoms with Gasteiger partial charge < -0.3 is 10.1 Å². The summed E-state index contributed by atoms with van der Waals surface area (Å²) in [6, 6.07) is 0.682. The molecule has 0 radical (unpaired) electrons. The molecule has 0 saturated carbocycles. The first-order valence-electron chi connectivity index (χ1n) is 5.75. The van der Waals surface area contributed by atoms with E-state index in [0.29, 0.717) is 11.6 Å². The molecule has 2 heterocycles. The Morgan fingerprint density at radius 2 is 2.36 bits per heavy atom. The highest BCUT2D eigenvalue weighted by Crippen LogP contribution is 2.28. The van der Waals surface area contributed by atoms with Gasteiger partial charge in [0.05, 0.1) is 6.61 Å². The van der Waals surface area contributed by atoms with Crippen molar-refractivity contribution in [2.24, 2.45) is 0 Å². The summed E-state index contributed by atoms with van der Waals surface area (Å²) >= 11 is 0. The van der Waals surface area contributed by atoms with Gasteiger partial charge in [0, 0.05) is 24.7 Å². The molecule has 2 unspecified atom stereocenters. The van der Waals surface area contributed by atoms with E-state index in [1.165, 1.54) is 32.4 Å². The predicted molar refractivity (Wildman–Crippen MR) is 57.5 cm³/mol. The van der Waals surface area contributed by atoms with Gasteiger partial charge in [-0.2, -0.15) is 0 Å². The van der Waals surface area contributed by atoms with Crippen molar-refractivity contribution >= 4 is 0 Å². The zero-order valence-corrected chi connectivity index (χ0v) is 9.38. The van der Waals surface area contributed by atoms with Gasteiger partial charge in [0.2, 0.25) is 0 Å². The first kappa shape index (κ1) is 10.4. The van der Waals surface area contributed by atoms with E-state index in [9.17, 15) is 0 Å². The summed E-state index contributed by atoms with van der Waals surface area (Å²) in [5.41, 5.74) is 0.315. The first-order chi connectivity index (χ1) is 6.74. The highest BCUT2D eigenvalue weighted by molar-refractivity contribution is 4.93. The lowest BCUT2D eigenvalue weighted by Crippen LogP contribution is -2.55. The zero-order valence-electron chi connectivity index (χ0n) is 9.38. The fraction of sp³-hybridized carbons (Fsp3) is 1.00. The minimum absolute atomic E-state index is 0.315. The fourth-order valence-corrected chi connectivity index (χ4v) is 2.61. The van der Waals surface area contributed by atoms with Crippen LogP contribution in [0.3, 0.4) is 0 Å². The Bertz CT molecular complexity index is 190. The Labute approximate surface area is 86.8 Å². The Kier molecular flexibility index (Phi) is 3.10. The predicted octanol–water partition coefficient (Wildman–Crippen LogP) is 0.849. The first-order valence-corrected chi connectivity index (χ1v) is 5.75. The van der Waals surface area contributed by atoms with E-state index in [1.54, 1.807) is 0 Å². The van der Waals surface area contributed by atoms with Gasteiger partial charge in [-0.3, -0.25) is 4.90 Å². The van der Waals surface area contributed by atoms with Crippen molar-refractivity contribution in [3.05, 3.63) is 0 Å². The molecule has 14 heavy (non-hydrogen) atoms. The van der Waals surface area contributed by atoms with Gasteiger partial charge in [0.1, 0.15) is 0 Å². The van der Waals surface area contributed by atoms with E-state index < -0.39 is 0 Å². The van der Waals surface area contributed by atoms with Crippen molar-refractivity contribution in [3.63, 3.8) is 0 Å². The van der Waals surface area contributed by atoms with Gasteiger partial charge in [-0.1, -0.05) is 0 Å². The largest absolute Gasteiger partial charge is 0.379 e. The molecule has 0 bridgehead atoms. The van der Waals surface area contributed by atoms with Gasteiger partial charge in [0.25, 0.3) is 0 Å². The average molecular weight is 198 g/mol. The van der Waals surface area contributed by atoms with E-state index in [1.807, 2.05) is 0 Å². The van der Waals surface area contributed by atoms with Crippen molar-refractivity contribution in [1.29, 1.82) is 0 Å². The average Bonchev–Trinajstić information content (AvgIpc) is 2.67. The Morgan fingerprint density at radius 1 is 1.50 bits per heavy atom. The molecule has 2 aliphatic heterocycles. The van der Waals surface area contributed by atoms with E-state index in [2.05, 4.69) is 24.2 Å².